The van der Waals surface area contributed by atoms with Crippen LogP contribution in [0.15, 0.2) is 48.5 Å². The molecule has 26 heavy (non-hydrogen) atoms. The van der Waals surface area contributed by atoms with Gasteiger partial charge in [0.05, 0.1) is 7.11 Å². The smallest absolute Gasteiger partial charge is 0.246 e. The maximum Gasteiger partial charge on any atom is 0.246 e. The number of hydrogen-bond donors (Lipinski definition) is 2. The Morgan fingerprint density at radius 1 is 1.15 bits per heavy atom. The first-order valence-corrected chi connectivity index (χ1v) is 8.46. The van der Waals surface area contributed by atoms with Gasteiger partial charge in [-0.2, -0.15) is 0 Å². The van der Waals surface area contributed by atoms with Crippen molar-refractivity contribution in [3.63, 3.8) is 0 Å². The molecule has 0 bridgehead atoms. The second-order valence-electron chi connectivity index (χ2n) is 5.79. The van der Waals surface area contributed by atoms with E-state index in [1.807, 2.05) is 25.1 Å². The maximum atomic E-state index is 12.2. The number of carbonyl (C=O) groups excluding carboxylic acids is 2. The molecule has 0 heterocycles. The van der Waals surface area contributed by atoms with Crippen LogP contribution in [0.2, 0.25) is 5.02 Å². The van der Waals surface area contributed by atoms with E-state index in [0.717, 1.165) is 16.9 Å². The van der Waals surface area contributed by atoms with Crippen LogP contribution in [0.4, 0.5) is 5.69 Å². The molecule has 6 heteroatoms. The van der Waals surface area contributed by atoms with Gasteiger partial charge in [-0.1, -0.05) is 29.8 Å². The maximum absolute atomic E-state index is 12.2. The van der Waals surface area contributed by atoms with Gasteiger partial charge in [0.1, 0.15) is 11.8 Å². The van der Waals surface area contributed by atoms with Gasteiger partial charge >= 0.3 is 0 Å². The van der Waals surface area contributed by atoms with Gasteiger partial charge in [-0.25, -0.2) is 0 Å². The Bertz CT molecular complexity index is 816. The van der Waals surface area contributed by atoms with Crippen LogP contribution in [0.25, 0.3) is 6.08 Å². The number of carbonyl (C=O) groups is 2. The van der Waals surface area contributed by atoms with Crippen LogP contribution in [0.5, 0.6) is 5.75 Å². The number of nitrogens with one attached hydrogen (secondary N) is 2. The Kier molecular flexibility index (Phi) is 6.81. The van der Waals surface area contributed by atoms with Gasteiger partial charge in [-0.3, -0.25) is 9.59 Å². The number of rotatable bonds is 6. The summed E-state index contributed by atoms with van der Waals surface area (Å²) < 4.78 is 5.08. The summed E-state index contributed by atoms with van der Waals surface area (Å²) in [6.07, 6.45) is 3.05. The average molecular weight is 373 g/mol. The lowest BCUT2D eigenvalue weighted by Crippen LogP contribution is -2.41. The molecule has 0 aliphatic carbocycles. The minimum atomic E-state index is -0.693. The monoisotopic (exact) mass is 372 g/mol. The first-order chi connectivity index (χ1) is 12.4. The van der Waals surface area contributed by atoms with Gasteiger partial charge in [-0.15, -0.1) is 0 Å². The summed E-state index contributed by atoms with van der Waals surface area (Å²) in [6, 6.07) is 11.8. The Labute approximate surface area is 158 Å². The molecule has 5 nitrogen and oxygen atoms in total. The standard InChI is InChI=1S/C20H21ClN2O3/c1-13-4-8-16(21)12-18(13)23-20(25)14(2)22-19(24)11-7-15-5-9-17(26-3)10-6-15/h4-12,14H,1-3H3,(H,22,24)(H,23,25)/b11-7+. The molecule has 136 valence electrons. The number of hydrogen-bond acceptors (Lipinski definition) is 3. The molecular weight excluding hydrogens is 352 g/mol. The summed E-state index contributed by atoms with van der Waals surface area (Å²) in [5.41, 5.74) is 2.37. The second-order valence-corrected chi connectivity index (χ2v) is 6.22. The third kappa shape index (κ3) is 5.63. The van der Waals surface area contributed by atoms with Gasteiger partial charge in [0.25, 0.3) is 0 Å². The topological polar surface area (TPSA) is 67.4 Å². The molecule has 2 N–H and O–H groups in total. The van der Waals surface area contributed by atoms with Crippen molar-refractivity contribution in [1.82, 2.24) is 5.32 Å². The van der Waals surface area contributed by atoms with Crippen LogP contribution in [-0.2, 0) is 9.59 Å². The summed E-state index contributed by atoms with van der Waals surface area (Å²) >= 11 is 5.94. The zero-order valence-electron chi connectivity index (χ0n) is 14.9. The van der Waals surface area contributed by atoms with Crippen molar-refractivity contribution < 1.29 is 14.3 Å². The van der Waals surface area contributed by atoms with E-state index in [1.165, 1.54) is 6.08 Å². The second kappa shape index (κ2) is 9.06. The molecule has 0 aliphatic rings. The summed E-state index contributed by atoms with van der Waals surface area (Å²) in [7, 11) is 1.59. The third-order valence-corrected chi connectivity index (χ3v) is 3.99. The number of ether oxygens (including phenoxy) is 1. The van der Waals surface area contributed by atoms with Crippen LogP contribution in [0, 0.1) is 6.92 Å². The lowest BCUT2D eigenvalue weighted by Gasteiger charge is -2.14. The van der Waals surface area contributed by atoms with Gasteiger partial charge in [0.2, 0.25) is 11.8 Å². The third-order valence-electron chi connectivity index (χ3n) is 3.75. The van der Waals surface area contributed by atoms with Crippen LogP contribution < -0.4 is 15.4 Å². The van der Waals surface area contributed by atoms with Crippen LogP contribution in [0.3, 0.4) is 0 Å². The van der Waals surface area contributed by atoms with Gasteiger partial charge < -0.3 is 15.4 Å². The van der Waals surface area contributed by atoms with E-state index in [1.54, 1.807) is 44.4 Å². The highest BCUT2D eigenvalue weighted by Crippen LogP contribution is 2.20. The fourth-order valence-electron chi connectivity index (χ4n) is 2.18. The van der Waals surface area contributed by atoms with E-state index in [0.29, 0.717) is 10.7 Å². The zero-order chi connectivity index (χ0) is 19.1. The summed E-state index contributed by atoms with van der Waals surface area (Å²) in [5, 5.41) is 5.93. The summed E-state index contributed by atoms with van der Waals surface area (Å²) in [6.45, 7) is 3.49. The highest BCUT2D eigenvalue weighted by Gasteiger charge is 2.15. The van der Waals surface area contributed by atoms with Gasteiger partial charge in [0, 0.05) is 16.8 Å². The first-order valence-electron chi connectivity index (χ1n) is 8.08. The van der Waals surface area contributed by atoms with E-state index >= 15 is 0 Å². The minimum Gasteiger partial charge on any atom is -0.497 e. The molecule has 2 aromatic carbocycles. The number of methoxy groups -OCH3 is 1. The van der Waals surface area contributed by atoms with Crippen LogP contribution >= 0.6 is 11.6 Å². The van der Waals surface area contributed by atoms with Crippen molar-refractivity contribution in [2.45, 2.75) is 19.9 Å². The fourth-order valence-corrected chi connectivity index (χ4v) is 2.36. The Balaban J connectivity index is 1.91. The fraction of sp³-hybridized carbons (Fsp3) is 0.200. The molecule has 2 amide bonds. The summed E-state index contributed by atoms with van der Waals surface area (Å²) in [5.74, 6) is 0.0704. The van der Waals surface area contributed by atoms with E-state index in [-0.39, 0.29) is 11.8 Å². The molecule has 0 saturated heterocycles. The van der Waals surface area contributed by atoms with Crippen molar-refractivity contribution in [3.8, 4) is 5.75 Å². The Morgan fingerprint density at radius 3 is 2.50 bits per heavy atom. The average Bonchev–Trinajstić information content (AvgIpc) is 2.63. The van der Waals surface area contributed by atoms with E-state index in [4.69, 9.17) is 16.3 Å². The van der Waals surface area contributed by atoms with E-state index in [2.05, 4.69) is 10.6 Å². The van der Waals surface area contributed by atoms with Gasteiger partial charge in [0.15, 0.2) is 0 Å². The molecular formula is C20H21ClN2O3. The molecule has 1 atom stereocenters. The molecule has 0 aliphatic heterocycles. The first kappa shape index (κ1) is 19.5. The van der Waals surface area contributed by atoms with Crippen molar-refractivity contribution >= 4 is 35.2 Å². The quantitative estimate of drug-likeness (QED) is 0.757. The molecule has 0 fully saturated rings. The van der Waals surface area contributed by atoms with E-state index in [9.17, 15) is 9.59 Å². The number of aryl methyl sites for hydroxylation is 1. The van der Waals surface area contributed by atoms with Gasteiger partial charge in [-0.05, 0) is 55.3 Å². The summed E-state index contributed by atoms with van der Waals surface area (Å²) in [4.78, 5) is 24.3. The Hall–Kier alpha value is -2.79. The molecule has 0 aromatic heterocycles. The molecule has 2 rings (SSSR count). The highest BCUT2D eigenvalue weighted by molar-refractivity contribution is 6.31. The number of anilines is 1. The molecule has 0 radical (unpaired) electrons. The molecule has 0 spiro atoms. The Morgan fingerprint density at radius 2 is 1.85 bits per heavy atom. The predicted octanol–water partition coefficient (Wildman–Crippen LogP) is 3.81. The van der Waals surface area contributed by atoms with Crippen molar-refractivity contribution in [3.05, 3.63) is 64.7 Å². The normalized spacial score (nSPS) is 11.8. The molecule has 0 saturated carbocycles. The number of benzene rings is 2. The zero-order valence-corrected chi connectivity index (χ0v) is 15.6. The highest BCUT2D eigenvalue weighted by atomic mass is 35.5. The lowest BCUT2D eigenvalue weighted by atomic mass is 10.2. The van der Waals surface area contributed by atoms with Crippen molar-refractivity contribution in [2.24, 2.45) is 0 Å². The van der Waals surface area contributed by atoms with Crippen molar-refractivity contribution in [1.29, 1.82) is 0 Å². The number of halogens is 1. The minimum absolute atomic E-state index is 0.318. The van der Waals surface area contributed by atoms with E-state index < -0.39 is 6.04 Å². The van der Waals surface area contributed by atoms with Crippen molar-refractivity contribution in [2.75, 3.05) is 12.4 Å². The lowest BCUT2D eigenvalue weighted by molar-refractivity contribution is -0.123. The molecule has 2 aromatic rings. The SMILES string of the molecule is COc1ccc(/C=C/C(=O)NC(C)C(=O)Nc2cc(Cl)ccc2C)cc1. The largest absolute Gasteiger partial charge is 0.497 e. The van der Waals surface area contributed by atoms with Crippen LogP contribution in [-0.4, -0.2) is 25.0 Å². The predicted molar refractivity (Wildman–Crippen MR) is 104 cm³/mol. The number of amides is 2. The van der Waals surface area contributed by atoms with Crippen LogP contribution in [0.1, 0.15) is 18.1 Å². The molecule has 1 unspecified atom stereocenters.